The van der Waals surface area contributed by atoms with E-state index in [0.717, 1.165) is 26.1 Å². The van der Waals surface area contributed by atoms with Crippen LogP contribution in [0.2, 0.25) is 0 Å². The highest BCUT2D eigenvalue weighted by Gasteiger charge is 2.15. The Kier molecular flexibility index (Phi) is 5.31. The predicted octanol–water partition coefficient (Wildman–Crippen LogP) is -0.582. The van der Waals surface area contributed by atoms with Gasteiger partial charge >= 0.3 is 0 Å². The molecule has 0 aliphatic carbocycles. The van der Waals surface area contributed by atoms with E-state index in [9.17, 15) is 0 Å². The van der Waals surface area contributed by atoms with Crippen LogP contribution in [0, 0.1) is 0 Å². The molecule has 1 heterocycles. The maximum Gasteiger partial charge on any atom is 0.0698 e. The van der Waals surface area contributed by atoms with Crippen LogP contribution in [0.15, 0.2) is 0 Å². The smallest absolute Gasteiger partial charge is 0.0698 e. The minimum Gasteiger partial charge on any atom is -0.394 e. The molecule has 0 aromatic rings. The highest BCUT2D eigenvalue weighted by Crippen LogP contribution is 2.07. The lowest BCUT2D eigenvalue weighted by Gasteiger charge is -2.30. The van der Waals surface area contributed by atoms with Crippen LogP contribution in [0.5, 0.6) is 0 Å². The monoisotopic (exact) mass is 188 g/mol. The van der Waals surface area contributed by atoms with Gasteiger partial charge in [0.25, 0.3) is 0 Å². The summed E-state index contributed by atoms with van der Waals surface area (Å²) < 4.78 is 5.19. The summed E-state index contributed by atoms with van der Waals surface area (Å²) in [6, 6.07) is 0.339. The van der Waals surface area contributed by atoms with Crippen molar-refractivity contribution in [3.8, 4) is 0 Å². The average Bonchev–Trinajstić information content (AvgIpc) is 2.13. The van der Waals surface area contributed by atoms with Crippen molar-refractivity contribution in [1.29, 1.82) is 0 Å². The molecule has 78 valence electrons. The number of aliphatic hydroxyl groups excluding tert-OH is 1. The van der Waals surface area contributed by atoms with E-state index in [1.165, 1.54) is 6.42 Å². The molecule has 0 spiro atoms. The Hall–Kier alpha value is -0.160. The molecule has 1 aliphatic rings. The molecule has 4 nitrogen and oxygen atoms in total. The second-order valence-corrected chi connectivity index (χ2v) is 3.54. The van der Waals surface area contributed by atoms with Crippen molar-refractivity contribution in [3.63, 3.8) is 0 Å². The van der Waals surface area contributed by atoms with Crippen molar-refractivity contribution in [2.45, 2.75) is 18.9 Å². The molecule has 0 bridgehead atoms. The largest absolute Gasteiger partial charge is 0.394 e. The number of nitrogens with two attached hydrogens (primary N) is 1. The second kappa shape index (κ2) is 6.32. The summed E-state index contributed by atoms with van der Waals surface area (Å²) in [6.07, 6.45) is 2.34. The van der Waals surface area contributed by atoms with E-state index in [4.69, 9.17) is 15.6 Å². The van der Waals surface area contributed by atoms with Gasteiger partial charge < -0.3 is 15.6 Å². The normalized spacial score (nSPS) is 24.9. The van der Waals surface area contributed by atoms with Crippen molar-refractivity contribution in [2.24, 2.45) is 5.73 Å². The lowest BCUT2D eigenvalue weighted by atomic mass is 10.1. The fourth-order valence-electron chi connectivity index (χ4n) is 1.65. The van der Waals surface area contributed by atoms with Gasteiger partial charge in [0.05, 0.1) is 19.8 Å². The van der Waals surface area contributed by atoms with Gasteiger partial charge in [0.1, 0.15) is 0 Å². The number of ether oxygens (including phenoxy) is 1. The van der Waals surface area contributed by atoms with E-state index in [1.54, 1.807) is 0 Å². The Balaban J connectivity index is 2.00. The first-order valence-corrected chi connectivity index (χ1v) is 4.99. The first-order chi connectivity index (χ1) is 6.33. The molecule has 0 saturated carbocycles. The maximum atomic E-state index is 8.49. The molecule has 1 aliphatic heterocycles. The van der Waals surface area contributed by atoms with E-state index >= 15 is 0 Å². The molecule has 0 radical (unpaired) electrons. The third-order valence-electron chi connectivity index (χ3n) is 2.33. The third kappa shape index (κ3) is 4.57. The van der Waals surface area contributed by atoms with Crippen LogP contribution < -0.4 is 5.73 Å². The van der Waals surface area contributed by atoms with Crippen LogP contribution in [-0.4, -0.2) is 55.5 Å². The molecule has 0 amide bonds. The van der Waals surface area contributed by atoms with Gasteiger partial charge in [0.15, 0.2) is 0 Å². The van der Waals surface area contributed by atoms with Crippen molar-refractivity contribution < 1.29 is 9.84 Å². The Morgan fingerprint density at radius 2 is 2.31 bits per heavy atom. The number of hydrogen-bond acceptors (Lipinski definition) is 4. The number of hydrogen-bond donors (Lipinski definition) is 2. The standard InChI is InChI=1S/C9H20N2O2/c10-9-2-1-3-11(8-9)4-6-13-7-5-12/h9,12H,1-8,10H2/t9-/m1/s1. The Labute approximate surface area is 79.7 Å². The zero-order valence-corrected chi connectivity index (χ0v) is 8.11. The number of rotatable bonds is 5. The Morgan fingerprint density at radius 3 is 3.00 bits per heavy atom. The third-order valence-corrected chi connectivity index (χ3v) is 2.33. The van der Waals surface area contributed by atoms with Gasteiger partial charge in [0.2, 0.25) is 0 Å². The average molecular weight is 188 g/mol. The molecule has 1 atom stereocenters. The first-order valence-electron chi connectivity index (χ1n) is 4.99. The number of aliphatic hydroxyl groups is 1. The molecule has 4 heteroatoms. The molecule has 1 saturated heterocycles. The van der Waals surface area contributed by atoms with Gasteiger partial charge in [0, 0.05) is 19.1 Å². The van der Waals surface area contributed by atoms with E-state index < -0.39 is 0 Å². The van der Waals surface area contributed by atoms with Gasteiger partial charge in [-0.2, -0.15) is 0 Å². The first kappa shape index (κ1) is 10.9. The molecule has 1 fully saturated rings. The van der Waals surface area contributed by atoms with E-state index in [0.29, 0.717) is 19.3 Å². The van der Waals surface area contributed by atoms with Crippen molar-refractivity contribution in [1.82, 2.24) is 4.90 Å². The van der Waals surface area contributed by atoms with Crippen LogP contribution in [0.3, 0.4) is 0 Å². The van der Waals surface area contributed by atoms with Crippen LogP contribution in [-0.2, 0) is 4.74 Å². The minimum atomic E-state index is 0.111. The summed E-state index contributed by atoms with van der Waals surface area (Å²) in [5.41, 5.74) is 5.83. The Bertz CT molecular complexity index is 133. The molecule has 13 heavy (non-hydrogen) atoms. The quantitative estimate of drug-likeness (QED) is 0.567. The maximum absolute atomic E-state index is 8.49. The fraction of sp³-hybridized carbons (Fsp3) is 1.00. The predicted molar refractivity (Wildman–Crippen MR) is 51.6 cm³/mol. The summed E-state index contributed by atoms with van der Waals surface area (Å²) in [4.78, 5) is 2.32. The summed E-state index contributed by atoms with van der Waals surface area (Å²) in [5.74, 6) is 0. The van der Waals surface area contributed by atoms with E-state index in [2.05, 4.69) is 4.90 Å². The second-order valence-electron chi connectivity index (χ2n) is 3.54. The SMILES string of the molecule is N[C@@H]1CCCN(CCOCCO)C1. The summed E-state index contributed by atoms with van der Waals surface area (Å²) in [7, 11) is 0. The van der Waals surface area contributed by atoms with E-state index in [1.807, 2.05) is 0 Å². The topological polar surface area (TPSA) is 58.7 Å². The molecule has 1 rings (SSSR count). The zero-order valence-electron chi connectivity index (χ0n) is 8.11. The van der Waals surface area contributed by atoms with Gasteiger partial charge in [-0.1, -0.05) is 0 Å². The van der Waals surface area contributed by atoms with E-state index in [-0.39, 0.29) is 6.61 Å². The van der Waals surface area contributed by atoms with Crippen LogP contribution in [0.4, 0.5) is 0 Å². The summed E-state index contributed by atoms with van der Waals surface area (Å²) in [5, 5.41) is 8.49. The van der Waals surface area contributed by atoms with Gasteiger partial charge in [-0.3, -0.25) is 4.90 Å². The number of piperidine rings is 1. The molecule has 3 N–H and O–H groups in total. The van der Waals surface area contributed by atoms with Gasteiger partial charge in [-0.25, -0.2) is 0 Å². The number of nitrogens with zero attached hydrogens (tertiary/aromatic N) is 1. The van der Waals surface area contributed by atoms with Gasteiger partial charge in [-0.15, -0.1) is 0 Å². The van der Waals surface area contributed by atoms with Gasteiger partial charge in [-0.05, 0) is 19.4 Å². The highest BCUT2D eigenvalue weighted by molar-refractivity contribution is 4.74. The highest BCUT2D eigenvalue weighted by atomic mass is 16.5. The van der Waals surface area contributed by atoms with Crippen molar-refractivity contribution in [2.75, 3.05) is 39.5 Å². The molecule has 0 unspecified atom stereocenters. The fourth-order valence-corrected chi connectivity index (χ4v) is 1.65. The van der Waals surface area contributed by atoms with Crippen LogP contribution in [0.1, 0.15) is 12.8 Å². The van der Waals surface area contributed by atoms with Crippen molar-refractivity contribution in [3.05, 3.63) is 0 Å². The van der Waals surface area contributed by atoms with Crippen molar-refractivity contribution >= 4 is 0 Å². The summed E-state index contributed by atoms with van der Waals surface area (Å²) >= 11 is 0. The van der Waals surface area contributed by atoms with Crippen LogP contribution >= 0.6 is 0 Å². The summed E-state index contributed by atoms with van der Waals surface area (Å²) in [6.45, 7) is 4.32. The zero-order chi connectivity index (χ0) is 9.52. The lowest BCUT2D eigenvalue weighted by Crippen LogP contribution is -2.44. The molecular formula is C9H20N2O2. The Morgan fingerprint density at radius 1 is 1.46 bits per heavy atom. The lowest BCUT2D eigenvalue weighted by molar-refractivity contribution is 0.0675. The van der Waals surface area contributed by atoms with Crippen LogP contribution in [0.25, 0.3) is 0 Å². The minimum absolute atomic E-state index is 0.111. The molecule has 0 aromatic heterocycles. The number of likely N-dealkylation sites (tertiary alicyclic amines) is 1. The molecule has 0 aromatic carbocycles. The molecular weight excluding hydrogens is 168 g/mol.